The molecular formula is C10H13NO4. The lowest BCUT2D eigenvalue weighted by atomic mass is 10.1. The standard InChI is InChI=1S/C10H13NO4/c1-2-3-7(6-10(14)15)11-8(12)4-5-9(11)13/h2,4-5,7,12-13H,1,3,6H2,(H,14,15)/t7-/m1/s1. The summed E-state index contributed by atoms with van der Waals surface area (Å²) in [6.45, 7) is 3.51. The van der Waals surface area contributed by atoms with Crippen LogP contribution in [0, 0.1) is 0 Å². The summed E-state index contributed by atoms with van der Waals surface area (Å²) in [4.78, 5) is 10.6. The number of hydrogen-bond acceptors (Lipinski definition) is 3. The third-order valence-electron chi connectivity index (χ3n) is 2.09. The lowest BCUT2D eigenvalue weighted by Gasteiger charge is -2.17. The van der Waals surface area contributed by atoms with Gasteiger partial charge in [-0.1, -0.05) is 6.08 Å². The molecule has 0 aromatic carbocycles. The molecule has 0 amide bonds. The lowest BCUT2D eigenvalue weighted by Crippen LogP contribution is -2.12. The van der Waals surface area contributed by atoms with Gasteiger partial charge in [0.25, 0.3) is 0 Å². The molecule has 1 heterocycles. The van der Waals surface area contributed by atoms with Crippen molar-refractivity contribution in [3.8, 4) is 11.8 Å². The first kappa shape index (κ1) is 11.2. The fourth-order valence-electron chi connectivity index (χ4n) is 1.48. The van der Waals surface area contributed by atoms with E-state index < -0.39 is 12.0 Å². The average molecular weight is 211 g/mol. The lowest BCUT2D eigenvalue weighted by molar-refractivity contribution is -0.137. The van der Waals surface area contributed by atoms with Crippen molar-refractivity contribution >= 4 is 5.97 Å². The van der Waals surface area contributed by atoms with E-state index in [0.717, 1.165) is 0 Å². The molecular weight excluding hydrogens is 198 g/mol. The molecule has 0 radical (unpaired) electrons. The van der Waals surface area contributed by atoms with Crippen molar-refractivity contribution in [2.24, 2.45) is 0 Å². The van der Waals surface area contributed by atoms with Gasteiger partial charge in [-0.25, -0.2) is 0 Å². The predicted molar refractivity (Wildman–Crippen MR) is 53.9 cm³/mol. The van der Waals surface area contributed by atoms with E-state index in [2.05, 4.69) is 6.58 Å². The molecule has 0 spiro atoms. The van der Waals surface area contributed by atoms with E-state index in [9.17, 15) is 15.0 Å². The molecule has 0 aliphatic rings. The van der Waals surface area contributed by atoms with Crippen LogP contribution in [0.15, 0.2) is 24.8 Å². The van der Waals surface area contributed by atoms with Gasteiger partial charge in [-0.2, -0.15) is 0 Å². The zero-order chi connectivity index (χ0) is 11.4. The summed E-state index contributed by atoms with van der Waals surface area (Å²) in [6.07, 6.45) is 1.73. The molecule has 1 aromatic rings. The van der Waals surface area contributed by atoms with Crippen LogP contribution in [0.25, 0.3) is 0 Å². The first-order valence-corrected chi connectivity index (χ1v) is 4.48. The number of aromatic nitrogens is 1. The van der Waals surface area contributed by atoms with Crippen LogP contribution in [0.2, 0.25) is 0 Å². The molecule has 0 aliphatic carbocycles. The van der Waals surface area contributed by atoms with Crippen molar-refractivity contribution in [1.29, 1.82) is 0 Å². The Bertz CT molecular complexity index is 350. The van der Waals surface area contributed by atoms with E-state index in [4.69, 9.17) is 5.11 Å². The van der Waals surface area contributed by atoms with Gasteiger partial charge in [-0.15, -0.1) is 6.58 Å². The number of carbonyl (C=O) groups is 1. The summed E-state index contributed by atoms with van der Waals surface area (Å²) in [6, 6.07) is 2.11. The van der Waals surface area contributed by atoms with Crippen molar-refractivity contribution in [3.05, 3.63) is 24.8 Å². The van der Waals surface area contributed by atoms with Gasteiger partial charge >= 0.3 is 5.97 Å². The Balaban J connectivity index is 2.97. The van der Waals surface area contributed by atoms with Crippen molar-refractivity contribution in [1.82, 2.24) is 4.57 Å². The number of aliphatic carboxylic acids is 1. The molecule has 15 heavy (non-hydrogen) atoms. The molecule has 0 unspecified atom stereocenters. The van der Waals surface area contributed by atoms with E-state index >= 15 is 0 Å². The summed E-state index contributed by atoms with van der Waals surface area (Å²) in [7, 11) is 0. The normalized spacial score (nSPS) is 12.3. The third-order valence-corrected chi connectivity index (χ3v) is 2.09. The van der Waals surface area contributed by atoms with Gasteiger partial charge in [0.15, 0.2) is 11.8 Å². The van der Waals surface area contributed by atoms with E-state index in [-0.39, 0.29) is 18.2 Å². The number of allylic oxidation sites excluding steroid dienone is 1. The van der Waals surface area contributed by atoms with Gasteiger partial charge in [-0.3, -0.25) is 9.36 Å². The molecule has 0 fully saturated rings. The van der Waals surface area contributed by atoms with Crippen molar-refractivity contribution in [3.63, 3.8) is 0 Å². The van der Waals surface area contributed by atoms with Gasteiger partial charge in [0.1, 0.15) is 0 Å². The number of rotatable bonds is 5. The quantitative estimate of drug-likeness (QED) is 0.644. The molecule has 0 aliphatic heterocycles. The van der Waals surface area contributed by atoms with Crippen molar-refractivity contribution in [2.75, 3.05) is 0 Å². The van der Waals surface area contributed by atoms with Crippen LogP contribution in [0.5, 0.6) is 11.8 Å². The highest BCUT2D eigenvalue weighted by molar-refractivity contribution is 5.67. The van der Waals surface area contributed by atoms with Crippen LogP contribution >= 0.6 is 0 Å². The molecule has 0 saturated carbocycles. The Labute approximate surface area is 86.9 Å². The smallest absolute Gasteiger partial charge is 0.305 e. The first-order chi connectivity index (χ1) is 7.06. The van der Waals surface area contributed by atoms with E-state index in [1.165, 1.54) is 16.7 Å². The maximum atomic E-state index is 10.6. The zero-order valence-electron chi connectivity index (χ0n) is 8.13. The molecule has 1 atom stereocenters. The summed E-state index contributed by atoms with van der Waals surface area (Å²) >= 11 is 0. The second-order valence-electron chi connectivity index (χ2n) is 3.20. The Kier molecular flexibility index (Phi) is 3.38. The highest BCUT2D eigenvalue weighted by Crippen LogP contribution is 2.30. The molecule has 5 nitrogen and oxygen atoms in total. The average Bonchev–Trinajstić information content (AvgIpc) is 2.45. The van der Waals surface area contributed by atoms with Gasteiger partial charge < -0.3 is 15.3 Å². The van der Waals surface area contributed by atoms with Crippen LogP contribution in [0.1, 0.15) is 18.9 Å². The van der Waals surface area contributed by atoms with Crippen molar-refractivity contribution in [2.45, 2.75) is 18.9 Å². The van der Waals surface area contributed by atoms with Gasteiger partial charge in [0.05, 0.1) is 12.5 Å². The van der Waals surface area contributed by atoms with Crippen LogP contribution in [0.4, 0.5) is 0 Å². The largest absolute Gasteiger partial charge is 0.494 e. The second-order valence-corrected chi connectivity index (χ2v) is 3.20. The summed E-state index contributed by atoms with van der Waals surface area (Å²) < 4.78 is 1.18. The van der Waals surface area contributed by atoms with Gasteiger partial charge in [0.2, 0.25) is 0 Å². The SMILES string of the molecule is C=CC[C@H](CC(=O)O)n1c(O)ccc1O. The summed E-state index contributed by atoms with van der Waals surface area (Å²) in [5.74, 6) is -1.30. The molecule has 0 saturated heterocycles. The number of carboxylic acid groups (broad SMARTS) is 1. The van der Waals surface area contributed by atoms with Crippen LogP contribution in [-0.4, -0.2) is 25.9 Å². The van der Waals surface area contributed by atoms with Crippen LogP contribution in [0.3, 0.4) is 0 Å². The third kappa shape index (κ3) is 2.52. The number of carboxylic acids is 1. The zero-order valence-corrected chi connectivity index (χ0v) is 8.13. The van der Waals surface area contributed by atoms with Gasteiger partial charge in [-0.05, 0) is 6.42 Å². The molecule has 0 bridgehead atoms. The molecule has 1 aromatic heterocycles. The Morgan fingerprint density at radius 1 is 1.47 bits per heavy atom. The number of aromatic hydroxyl groups is 2. The molecule has 3 N–H and O–H groups in total. The molecule has 82 valence electrons. The van der Waals surface area contributed by atoms with E-state index in [1.54, 1.807) is 6.08 Å². The summed E-state index contributed by atoms with van der Waals surface area (Å²) in [5.41, 5.74) is 0. The highest BCUT2D eigenvalue weighted by atomic mass is 16.4. The van der Waals surface area contributed by atoms with Crippen LogP contribution in [-0.2, 0) is 4.79 Å². The number of nitrogens with zero attached hydrogens (tertiary/aromatic N) is 1. The van der Waals surface area contributed by atoms with E-state index in [0.29, 0.717) is 6.42 Å². The van der Waals surface area contributed by atoms with Gasteiger partial charge in [0, 0.05) is 12.1 Å². The Morgan fingerprint density at radius 2 is 2.00 bits per heavy atom. The summed E-state index contributed by atoms with van der Waals surface area (Å²) in [5, 5.41) is 27.5. The molecule has 1 rings (SSSR count). The first-order valence-electron chi connectivity index (χ1n) is 4.48. The minimum absolute atomic E-state index is 0.152. The fourth-order valence-corrected chi connectivity index (χ4v) is 1.48. The Morgan fingerprint density at radius 3 is 2.40 bits per heavy atom. The highest BCUT2D eigenvalue weighted by Gasteiger charge is 2.19. The Hall–Kier alpha value is -1.91. The molecule has 5 heteroatoms. The minimum Gasteiger partial charge on any atom is -0.494 e. The topological polar surface area (TPSA) is 82.7 Å². The fraction of sp³-hybridized carbons (Fsp3) is 0.300. The van der Waals surface area contributed by atoms with Crippen molar-refractivity contribution < 1.29 is 20.1 Å². The second kappa shape index (κ2) is 4.54. The monoisotopic (exact) mass is 211 g/mol. The number of hydrogen-bond donors (Lipinski definition) is 3. The minimum atomic E-state index is -0.991. The maximum absolute atomic E-state index is 10.6. The van der Waals surface area contributed by atoms with Crippen LogP contribution < -0.4 is 0 Å². The maximum Gasteiger partial charge on any atom is 0.305 e. The van der Waals surface area contributed by atoms with E-state index in [1.807, 2.05) is 0 Å². The predicted octanol–water partition coefficient (Wildman–Crippen LogP) is 1.49.